The largest absolute Gasteiger partial charge is 0.490 e. The van der Waals surface area contributed by atoms with E-state index in [0.29, 0.717) is 41.1 Å². The lowest BCUT2D eigenvalue weighted by molar-refractivity contribution is 0.205. The number of nitrogens with zero attached hydrogens (tertiary/aromatic N) is 6. The van der Waals surface area contributed by atoms with Crippen LogP contribution in [-0.4, -0.2) is 56.0 Å². The van der Waals surface area contributed by atoms with Crippen molar-refractivity contribution in [3.8, 4) is 17.3 Å². The van der Waals surface area contributed by atoms with Gasteiger partial charge in [-0.05, 0) is 49.6 Å². The van der Waals surface area contributed by atoms with Crippen LogP contribution in [0, 0.1) is 0 Å². The predicted molar refractivity (Wildman–Crippen MR) is 106 cm³/mol. The first-order valence-electron chi connectivity index (χ1n) is 9.67. The summed E-state index contributed by atoms with van der Waals surface area (Å²) >= 11 is 6.30. The van der Waals surface area contributed by atoms with Crippen LogP contribution in [0.25, 0.3) is 22.6 Å². The van der Waals surface area contributed by atoms with Crippen molar-refractivity contribution >= 4 is 28.5 Å². The lowest BCUT2D eigenvalue weighted by Gasteiger charge is -2.26. The molecule has 4 rings (SSSR count). The molecule has 3 aromatic rings. The highest BCUT2D eigenvalue weighted by molar-refractivity contribution is 6.34. The average molecular weight is 406 g/mol. The Labute approximate surface area is 167 Å². The minimum Gasteiger partial charge on any atom is -0.490 e. The Morgan fingerprint density at radius 3 is 2.79 bits per heavy atom. The molecule has 0 atom stereocenters. The highest BCUT2D eigenvalue weighted by Gasteiger charge is 2.23. The third-order valence-electron chi connectivity index (χ3n) is 5.06. The van der Waals surface area contributed by atoms with E-state index in [1.807, 2.05) is 11.5 Å². The number of likely N-dealkylation sites (tertiary alicyclic amines) is 1. The normalized spacial score (nSPS) is 15.4. The minimum absolute atomic E-state index is 0.179. The van der Waals surface area contributed by atoms with Crippen LogP contribution in [0.4, 0.5) is 5.82 Å². The number of ether oxygens (including phenoxy) is 1. The Kier molecular flexibility index (Phi) is 5.63. The van der Waals surface area contributed by atoms with Gasteiger partial charge in [-0.15, -0.1) is 0 Å². The number of nitrogens with two attached hydrogens (primary N) is 1. The number of hydrogen-bond acceptors (Lipinski definition) is 8. The fraction of sp³-hybridized carbons (Fsp3) is 0.556. The van der Waals surface area contributed by atoms with Crippen molar-refractivity contribution in [2.24, 2.45) is 0 Å². The number of hydrogen-bond donors (Lipinski definition) is 1. The Morgan fingerprint density at radius 2 is 2.07 bits per heavy atom. The van der Waals surface area contributed by atoms with Crippen LogP contribution < -0.4 is 10.5 Å². The molecular weight excluding hydrogens is 382 g/mol. The van der Waals surface area contributed by atoms with E-state index < -0.39 is 0 Å². The molecule has 1 fully saturated rings. The zero-order valence-corrected chi connectivity index (χ0v) is 16.7. The van der Waals surface area contributed by atoms with Gasteiger partial charge >= 0.3 is 0 Å². The van der Waals surface area contributed by atoms with E-state index in [0.717, 1.165) is 18.5 Å². The summed E-state index contributed by atoms with van der Waals surface area (Å²) < 4.78 is 12.7. The van der Waals surface area contributed by atoms with Gasteiger partial charge in [0.25, 0.3) is 0 Å². The number of aromatic nitrogens is 5. The van der Waals surface area contributed by atoms with Gasteiger partial charge in [0.05, 0.1) is 12.8 Å². The summed E-state index contributed by atoms with van der Waals surface area (Å²) in [5.41, 5.74) is 7.56. The summed E-state index contributed by atoms with van der Waals surface area (Å²) in [6.07, 6.45) is 6.53. The van der Waals surface area contributed by atoms with Gasteiger partial charge in [-0.3, -0.25) is 0 Å². The number of piperidine rings is 1. The van der Waals surface area contributed by atoms with Gasteiger partial charge in [0.15, 0.2) is 28.2 Å². The number of rotatable bonds is 7. The molecule has 4 heterocycles. The van der Waals surface area contributed by atoms with Crippen molar-refractivity contribution in [3.63, 3.8) is 0 Å². The number of imidazole rings is 1. The van der Waals surface area contributed by atoms with Crippen molar-refractivity contribution < 1.29 is 9.37 Å². The lowest BCUT2D eigenvalue weighted by Crippen LogP contribution is -2.31. The predicted octanol–water partition coefficient (Wildman–Crippen LogP) is 2.99. The molecule has 0 bridgehead atoms. The summed E-state index contributed by atoms with van der Waals surface area (Å²) in [6, 6.07) is 0. The summed E-state index contributed by atoms with van der Waals surface area (Å²) in [4.78, 5) is 11.3. The van der Waals surface area contributed by atoms with Gasteiger partial charge in [0.1, 0.15) is 11.0 Å². The van der Waals surface area contributed by atoms with E-state index in [-0.39, 0.29) is 5.82 Å². The number of aryl methyl sites for hydroxylation is 1. The van der Waals surface area contributed by atoms with Crippen LogP contribution in [0.1, 0.15) is 32.6 Å². The van der Waals surface area contributed by atoms with Gasteiger partial charge < -0.3 is 19.9 Å². The molecule has 0 spiro atoms. The first-order chi connectivity index (χ1) is 13.7. The average Bonchev–Trinajstić information content (AvgIpc) is 3.31. The SMILES string of the molecule is CCn1c(-c2nonc2N)nc2c(Cl)ncc(OCCCN3CCCCC3)c21. The second-order valence-corrected chi connectivity index (χ2v) is 7.25. The van der Waals surface area contributed by atoms with Crippen LogP contribution in [0.2, 0.25) is 5.15 Å². The summed E-state index contributed by atoms with van der Waals surface area (Å²) in [5.74, 6) is 1.36. The molecule has 1 aliphatic rings. The van der Waals surface area contributed by atoms with Gasteiger partial charge in [-0.25, -0.2) is 14.6 Å². The first kappa shape index (κ1) is 18.9. The first-order valence-corrected chi connectivity index (χ1v) is 10.0. The van der Waals surface area contributed by atoms with Crippen LogP contribution in [-0.2, 0) is 6.54 Å². The monoisotopic (exact) mass is 405 g/mol. The maximum atomic E-state index is 6.30. The molecule has 3 aromatic heterocycles. The van der Waals surface area contributed by atoms with Gasteiger partial charge in [-0.2, -0.15) is 0 Å². The molecular formula is C18H24ClN7O2. The van der Waals surface area contributed by atoms with E-state index in [1.54, 1.807) is 6.20 Å². The molecule has 0 aromatic carbocycles. The van der Waals surface area contributed by atoms with E-state index in [4.69, 9.17) is 26.7 Å². The number of halogens is 1. The second-order valence-electron chi connectivity index (χ2n) is 6.89. The number of nitrogen functional groups attached to an aromatic ring is 1. The Hall–Kier alpha value is -2.39. The second kappa shape index (κ2) is 8.32. The third kappa shape index (κ3) is 3.64. The molecule has 10 heteroatoms. The van der Waals surface area contributed by atoms with E-state index in [2.05, 4.69) is 25.2 Å². The molecule has 28 heavy (non-hydrogen) atoms. The van der Waals surface area contributed by atoms with Gasteiger partial charge in [0, 0.05) is 13.1 Å². The third-order valence-corrected chi connectivity index (χ3v) is 5.34. The van der Waals surface area contributed by atoms with Crippen molar-refractivity contribution in [2.45, 2.75) is 39.2 Å². The van der Waals surface area contributed by atoms with Gasteiger partial charge in [-0.1, -0.05) is 18.0 Å². The van der Waals surface area contributed by atoms with Crippen molar-refractivity contribution in [3.05, 3.63) is 11.3 Å². The molecule has 0 saturated carbocycles. The standard InChI is InChI=1S/C18H24ClN7O2/c1-2-26-15-12(27-10-6-9-25-7-4-3-5-8-25)11-21-16(19)13(15)22-18(26)14-17(20)24-28-23-14/h11H,2-10H2,1H3,(H2,20,24). The molecule has 1 saturated heterocycles. The van der Waals surface area contributed by atoms with Crippen LogP contribution >= 0.6 is 11.6 Å². The minimum atomic E-state index is 0.179. The molecule has 2 N–H and O–H groups in total. The smallest absolute Gasteiger partial charge is 0.199 e. The lowest BCUT2D eigenvalue weighted by atomic mass is 10.1. The Bertz CT molecular complexity index is 949. The molecule has 150 valence electrons. The summed E-state index contributed by atoms with van der Waals surface area (Å²) in [5, 5.41) is 7.82. The Morgan fingerprint density at radius 1 is 1.25 bits per heavy atom. The zero-order valence-electron chi connectivity index (χ0n) is 15.9. The molecule has 1 aliphatic heterocycles. The topological polar surface area (TPSA) is 108 Å². The van der Waals surface area contributed by atoms with Gasteiger partial charge in [0.2, 0.25) is 0 Å². The maximum Gasteiger partial charge on any atom is 0.199 e. The number of pyridine rings is 1. The molecule has 0 unspecified atom stereocenters. The van der Waals surface area contributed by atoms with Crippen LogP contribution in [0.5, 0.6) is 5.75 Å². The highest BCUT2D eigenvalue weighted by Crippen LogP contribution is 2.34. The number of anilines is 1. The quantitative estimate of drug-likeness (QED) is 0.472. The van der Waals surface area contributed by atoms with E-state index in [1.165, 1.54) is 32.4 Å². The molecule has 0 radical (unpaired) electrons. The maximum absolute atomic E-state index is 6.30. The van der Waals surface area contributed by atoms with E-state index >= 15 is 0 Å². The number of fused-ring (bicyclic) bond motifs is 1. The fourth-order valence-corrected chi connectivity index (χ4v) is 3.86. The summed E-state index contributed by atoms with van der Waals surface area (Å²) in [7, 11) is 0. The molecule has 0 aliphatic carbocycles. The van der Waals surface area contributed by atoms with Crippen molar-refractivity contribution in [1.29, 1.82) is 0 Å². The van der Waals surface area contributed by atoms with Crippen LogP contribution in [0.3, 0.4) is 0 Å². The zero-order chi connectivity index (χ0) is 19.5. The van der Waals surface area contributed by atoms with E-state index in [9.17, 15) is 0 Å². The Balaban J connectivity index is 1.57. The summed E-state index contributed by atoms with van der Waals surface area (Å²) in [6.45, 7) is 6.65. The van der Waals surface area contributed by atoms with Crippen molar-refractivity contribution in [1.82, 2.24) is 29.7 Å². The fourth-order valence-electron chi connectivity index (χ4n) is 3.68. The van der Waals surface area contributed by atoms with Crippen LogP contribution in [0.15, 0.2) is 10.8 Å². The molecule has 0 amide bonds. The molecule has 9 nitrogen and oxygen atoms in total. The highest BCUT2D eigenvalue weighted by atomic mass is 35.5. The van der Waals surface area contributed by atoms with Crippen molar-refractivity contribution in [2.75, 3.05) is 32.0 Å².